The van der Waals surface area contributed by atoms with Crippen molar-refractivity contribution >= 4 is 0 Å². The normalized spacial score (nSPS) is 14.8. The summed E-state index contributed by atoms with van der Waals surface area (Å²) in [5.41, 5.74) is 5.51. The second-order valence-electron chi connectivity index (χ2n) is 5.74. The topological polar surface area (TPSA) is 46.2 Å². The first-order valence-electron chi connectivity index (χ1n) is 7.52. The number of unbranched alkanes of at least 4 members (excludes halogenated alkanes) is 9. The van der Waals surface area contributed by atoms with Crippen molar-refractivity contribution in [3.8, 4) is 0 Å². The maximum absolute atomic E-state index is 9.01. The summed E-state index contributed by atoms with van der Waals surface area (Å²) in [6, 6.07) is 0. The van der Waals surface area contributed by atoms with Crippen molar-refractivity contribution in [3.63, 3.8) is 0 Å². The third kappa shape index (κ3) is 12.2. The summed E-state index contributed by atoms with van der Waals surface area (Å²) in [6.45, 7) is 4.29. The van der Waals surface area contributed by atoms with Gasteiger partial charge in [0.25, 0.3) is 0 Å². The monoisotopic (exact) mass is 243 g/mol. The van der Waals surface area contributed by atoms with E-state index < -0.39 is 0 Å². The van der Waals surface area contributed by atoms with Crippen molar-refractivity contribution in [1.29, 1.82) is 0 Å². The molecular weight excluding hydrogens is 210 g/mol. The van der Waals surface area contributed by atoms with Crippen LogP contribution in [-0.2, 0) is 0 Å². The summed E-state index contributed by atoms with van der Waals surface area (Å²) >= 11 is 0. The molecule has 0 aromatic rings. The van der Waals surface area contributed by atoms with Gasteiger partial charge in [-0.3, -0.25) is 0 Å². The van der Waals surface area contributed by atoms with Gasteiger partial charge in [0.1, 0.15) is 0 Å². The number of hydrogen-bond donors (Lipinski definition) is 2. The molecule has 0 radical (unpaired) electrons. The Morgan fingerprint density at radius 3 is 1.65 bits per heavy atom. The van der Waals surface area contributed by atoms with Crippen LogP contribution in [0.15, 0.2) is 0 Å². The zero-order valence-electron chi connectivity index (χ0n) is 12.0. The van der Waals surface area contributed by atoms with Crippen LogP contribution in [0, 0.1) is 0 Å². The van der Waals surface area contributed by atoms with Gasteiger partial charge >= 0.3 is 0 Å². The maximum Gasteiger partial charge on any atom is 0.0608 e. The Labute approximate surface area is 108 Å². The van der Waals surface area contributed by atoms with E-state index in [1.54, 1.807) is 0 Å². The summed E-state index contributed by atoms with van der Waals surface area (Å²) in [7, 11) is 0. The van der Waals surface area contributed by atoms with Crippen LogP contribution in [0.1, 0.15) is 84.5 Å². The van der Waals surface area contributed by atoms with Crippen LogP contribution in [-0.4, -0.2) is 17.3 Å². The molecule has 17 heavy (non-hydrogen) atoms. The smallest absolute Gasteiger partial charge is 0.0608 e. The zero-order chi connectivity index (χ0) is 13.0. The lowest BCUT2D eigenvalue weighted by atomic mass is 9.96. The first kappa shape index (κ1) is 16.9. The van der Waals surface area contributed by atoms with E-state index >= 15 is 0 Å². The molecule has 0 aliphatic heterocycles. The van der Waals surface area contributed by atoms with Gasteiger partial charge in [0, 0.05) is 5.54 Å². The molecule has 0 aliphatic rings. The van der Waals surface area contributed by atoms with Crippen molar-refractivity contribution < 1.29 is 5.11 Å². The fourth-order valence-corrected chi connectivity index (χ4v) is 2.10. The van der Waals surface area contributed by atoms with Crippen LogP contribution in [0.4, 0.5) is 0 Å². The number of hydrogen-bond acceptors (Lipinski definition) is 2. The van der Waals surface area contributed by atoms with Crippen molar-refractivity contribution in [2.75, 3.05) is 6.61 Å². The highest BCUT2D eigenvalue weighted by atomic mass is 16.3. The molecule has 0 aromatic carbocycles. The summed E-state index contributed by atoms with van der Waals surface area (Å²) in [5, 5.41) is 9.01. The van der Waals surface area contributed by atoms with Crippen molar-refractivity contribution in [3.05, 3.63) is 0 Å². The van der Waals surface area contributed by atoms with Gasteiger partial charge in [-0.15, -0.1) is 0 Å². The molecule has 0 aliphatic carbocycles. The van der Waals surface area contributed by atoms with Gasteiger partial charge in [0.15, 0.2) is 0 Å². The lowest BCUT2D eigenvalue weighted by Crippen LogP contribution is -2.39. The Morgan fingerprint density at radius 2 is 1.24 bits per heavy atom. The van der Waals surface area contributed by atoms with E-state index in [0.717, 1.165) is 12.8 Å². The van der Waals surface area contributed by atoms with Crippen LogP contribution < -0.4 is 5.73 Å². The Balaban J connectivity index is 3.09. The van der Waals surface area contributed by atoms with Gasteiger partial charge in [-0.25, -0.2) is 0 Å². The zero-order valence-corrected chi connectivity index (χ0v) is 12.0. The predicted octanol–water partition coefficient (Wildman–Crippen LogP) is 4.01. The van der Waals surface area contributed by atoms with E-state index in [9.17, 15) is 0 Å². The molecule has 0 fully saturated rings. The fraction of sp³-hybridized carbons (Fsp3) is 1.00. The average molecular weight is 243 g/mol. The Kier molecular flexibility index (Phi) is 11.0. The summed E-state index contributed by atoms with van der Waals surface area (Å²) < 4.78 is 0. The van der Waals surface area contributed by atoms with E-state index in [1.165, 1.54) is 57.8 Å². The van der Waals surface area contributed by atoms with Crippen LogP contribution in [0.2, 0.25) is 0 Å². The van der Waals surface area contributed by atoms with Gasteiger partial charge in [-0.1, -0.05) is 71.1 Å². The first-order valence-corrected chi connectivity index (χ1v) is 7.52. The van der Waals surface area contributed by atoms with Gasteiger partial charge in [0.2, 0.25) is 0 Å². The second kappa shape index (κ2) is 11.0. The molecule has 0 amide bonds. The SMILES string of the molecule is CCCCCCCCCCCCC(C)(N)CO. The third-order valence-electron chi connectivity index (χ3n) is 3.46. The van der Waals surface area contributed by atoms with E-state index in [1.807, 2.05) is 6.92 Å². The summed E-state index contributed by atoms with van der Waals surface area (Å²) in [4.78, 5) is 0. The Bertz CT molecular complexity index is 157. The molecule has 0 saturated carbocycles. The summed E-state index contributed by atoms with van der Waals surface area (Å²) in [6.07, 6.45) is 14.4. The minimum Gasteiger partial charge on any atom is -0.394 e. The molecule has 104 valence electrons. The Hall–Kier alpha value is -0.0800. The van der Waals surface area contributed by atoms with E-state index in [-0.39, 0.29) is 12.1 Å². The molecule has 0 saturated heterocycles. The van der Waals surface area contributed by atoms with Gasteiger partial charge in [-0.2, -0.15) is 0 Å². The van der Waals surface area contributed by atoms with E-state index in [4.69, 9.17) is 10.8 Å². The quantitative estimate of drug-likeness (QED) is 0.509. The largest absolute Gasteiger partial charge is 0.394 e. The lowest BCUT2D eigenvalue weighted by molar-refractivity contribution is 0.197. The minimum absolute atomic E-state index is 0.102. The van der Waals surface area contributed by atoms with Crippen molar-refractivity contribution in [2.24, 2.45) is 5.73 Å². The fourth-order valence-electron chi connectivity index (χ4n) is 2.10. The average Bonchev–Trinajstić information content (AvgIpc) is 2.31. The molecule has 2 nitrogen and oxygen atoms in total. The molecule has 0 spiro atoms. The molecular formula is C15H33NO. The third-order valence-corrected chi connectivity index (χ3v) is 3.46. The molecule has 0 heterocycles. The maximum atomic E-state index is 9.01. The van der Waals surface area contributed by atoms with Gasteiger partial charge in [0.05, 0.1) is 6.61 Å². The summed E-state index contributed by atoms with van der Waals surface area (Å²) in [5.74, 6) is 0. The standard InChI is InChI=1S/C15H33NO/c1-3-4-5-6-7-8-9-10-11-12-13-15(2,16)14-17/h17H,3-14,16H2,1-2H3. The van der Waals surface area contributed by atoms with E-state index in [0.29, 0.717) is 0 Å². The molecule has 0 bridgehead atoms. The first-order chi connectivity index (χ1) is 8.12. The molecule has 2 heteroatoms. The number of aliphatic hydroxyl groups is 1. The minimum atomic E-state index is -0.361. The van der Waals surface area contributed by atoms with Crippen LogP contribution in [0.3, 0.4) is 0 Å². The highest BCUT2D eigenvalue weighted by Crippen LogP contribution is 2.14. The molecule has 3 N–H and O–H groups in total. The predicted molar refractivity (Wildman–Crippen MR) is 76.1 cm³/mol. The molecule has 0 rings (SSSR count). The van der Waals surface area contributed by atoms with Crippen molar-refractivity contribution in [2.45, 2.75) is 90.0 Å². The van der Waals surface area contributed by atoms with Gasteiger partial charge in [-0.05, 0) is 13.3 Å². The van der Waals surface area contributed by atoms with Crippen LogP contribution >= 0.6 is 0 Å². The molecule has 1 unspecified atom stereocenters. The lowest BCUT2D eigenvalue weighted by Gasteiger charge is -2.21. The highest BCUT2D eigenvalue weighted by Gasteiger charge is 2.15. The number of nitrogens with two attached hydrogens (primary N) is 1. The van der Waals surface area contributed by atoms with Crippen molar-refractivity contribution in [1.82, 2.24) is 0 Å². The highest BCUT2D eigenvalue weighted by molar-refractivity contribution is 4.76. The van der Waals surface area contributed by atoms with Crippen LogP contribution in [0.5, 0.6) is 0 Å². The second-order valence-corrected chi connectivity index (χ2v) is 5.74. The number of rotatable bonds is 12. The van der Waals surface area contributed by atoms with Gasteiger partial charge < -0.3 is 10.8 Å². The number of aliphatic hydroxyl groups excluding tert-OH is 1. The van der Waals surface area contributed by atoms with E-state index in [2.05, 4.69) is 6.92 Å². The molecule has 0 aromatic heterocycles. The Morgan fingerprint density at radius 1 is 0.824 bits per heavy atom. The molecule has 1 atom stereocenters. The van der Waals surface area contributed by atoms with Crippen LogP contribution in [0.25, 0.3) is 0 Å².